The zero-order chi connectivity index (χ0) is 22.2. The van der Waals surface area contributed by atoms with Crippen molar-refractivity contribution in [2.24, 2.45) is 0 Å². The molecule has 1 aliphatic rings. The van der Waals surface area contributed by atoms with Gasteiger partial charge >= 0.3 is 0 Å². The first kappa shape index (κ1) is 22.0. The number of rotatable bonds is 8. The number of benzene rings is 1. The fourth-order valence-corrected chi connectivity index (χ4v) is 4.50. The molecule has 4 rings (SSSR count). The van der Waals surface area contributed by atoms with Crippen LogP contribution in [0.25, 0.3) is 0 Å². The van der Waals surface area contributed by atoms with E-state index in [1.807, 2.05) is 40.6 Å². The molecule has 3 heterocycles. The van der Waals surface area contributed by atoms with Crippen molar-refractivity contribution < 1.29 is 9.59 Å². The number of aryl methyl sites for hydroxylation is 1. The predicted octanol–water partition coefficient (Wildman–Crippen LogP) is 3.86. The molecule has 2 amide bonds. The van der Waals surface area contributed by atoms with Gasteiger partial charge in [-0.25, -0.2) is 4.98 Å². The van der Waals surface area contributed by atoms with Crippen molar-refractivity contribution in [3.05, 3.63) is 82.2 Å². The van der Waals surface area contributed by atoms with Gasteiger partial charge in [0.25, 0.3) is 11.8 Å². The molecule has 1 aliphatic heterocycles. The first-order valence-corrected chi connectivity index (χ1v) is 11.9. The molecule has 2 aromatic heterocycles. The number of amides is 2. The lowest BCUT2D eigenvalue weighted by molar-refractivity contribution is 0.0751. The van der Waals surface area contributed by atoms with Crippen molar-refractivity contribution in [2.45, 2.75) is 19.3 Å². The Morgan fingerprint density at radius 3 is 2.44 bits per heavy atom. The summed E-state index contributed by atoms with van der Waals surface area (Å²) in [5.41, 5.74) is 1.90. The Kier molecular flexibility index (Phi) is 7.51. The van der Waals surface area contributed by atoms with Crippen molar-refractivity contribution >= 4 is 29.0 Å². The van der Waals surface area contributed by atoms with E-state index in [4.69, 9.17) is 0 Å². The summed E-state index contributed by atoms with van der Waals surface area (Å²) >= 11 is 1.48. The summed E-state index contributed by atoms with van der Waals surface area (Å²) < 4.78 is 0. The molecule has 1 N–H and O–H groups in total. The summed E-state index contributed by atoms with van der Waals surface area (Å²) in [5.74, 6) is 0.853. The monoisotopic (exact) mass is 448 g/mol. The fourth-order valence-electron chi connectivity index (χ4n) is 3.80. The Morgan fingerprint density at radius 2 is 1.75 bits per heavy atom. The molecule has 32 heavy (non-hydrogen) atoms. The van der Waals surface area contributed by atoms with E-state index in [0.717, 1.165) is 43.0 Å². The van der Waals surface area contributed by atoms with Crippen molar-refractivity contribution in [1.82, 2.24) is 15.2 Å². The molecular weight excluding hydrogens is 420 g/mol. The van der Waals surface area contributed by atoms with Crippen LogP contribution in [0.5, 0.6) is 0 Å². The highest BCUT2D eigenvalue weighted by Gasteiger charge is 2.23. The molecular formula is C25H28N4O2S. The number of hydrogen-bond donors (Lipinski definition) is 1. The van der Waals surface area contributed by atoms with E-state index in [0.29, 0.717) is 25.2 Å². The minimum Gasteiger partial charge on any atom is -0.353 e. The van der Waals surface area contributed by atoms with E-state index in [1.54, 1.807) is 6.20 Å². The number of anilines is 1. The average molecular weight is 449 g/mol. The highest BCUT2D eigenvalue weighted by Crippen LogP contribution is 2.17. The summed E-state index contributed by atoms with van der Waals surface area (Å²) in [6.07, 6.45) is 4.65. The van der Waals surface area contributed by atoms with Gasteiger partial charge in [0.1, 0.15) is 5.82 Å². The number of unbranched alkanes of at least 4 members (excludes halogenated alkanes) is 1. The average Bonchev–Trinajstić information content (AvgIpc) is 3.39. The SMILES string of the molecule is O=C(NCCCCc1ccccc1)c1ccc(N2CCN(C(=O)c3cccs3)CC2)nc1. The zero-order valence-corrected chi connectivity index (χ0v) is 18.9. The third-order valence-corrected chi connectivity index (χ3v) is 6.51. The lowest BCUT2D eigenvalue weighted by atomic mass is 10.1. The standard InChI is InChI=1S/C25H28N4O2S/c30-24(26-13-5-4-9-20-7-2-1-3-8-20)21-11-12-23(27-19-21)28-14-16-29(17-15-28)25(31)22-10-6-18-32-22/h1-3,6-8,10-12,18-19H,4-5,9,13-17H2,(H,26,30). The molecule has 3 aromatic rings. The summed E-state index contributed by atoms with van der Waals surface area (Å²) in [5, 5.41) is 4.91. The van der Waals surface area contributed by atoms with Gasteiger partial charge in [-0.3, -0.25) is 9.59 Å². The number of aromatic nitrogens is 1. The Morgan fingerprint density at radius 1 is 0.938 bits per heavy atom. The van der Waals surface area contributed by atoms with Crippen molar-refractivity contribution in [3.63, 3.8) is 0 Å². The zero-order valence-electron chi connectivity index (χ0n) is 18.1. The number of carbonyl (C=O) groups excluding carboxylic acids is 2. The maximum Gasteiger partial charge on any atom is 0.264 e. The second-order valence-electron chi connectivity index (χ2n) is 7.86. The molecule has 0 unspecified atom stereocenters. The van der Waals surface area contributed by atoms with Crippen LogP contribution < -0.4 is 10.2 Å². The number of hydrogen-bond acceptors (Lipinski definition) is 5. The third-order valence-electron chi connectivity index (χ3n) is 5.65. The molecule has 6 nitrogen and oxygen atoms in total. The maximum absolute atomic E-state index is 12.5. The Hall–Kier alpha value is -3.19. The number of thiophene rings is 1. The van der Waals surface area contributed by atoms with Gasteiger partial charge in [0.2, 0.25) is 0 Å². The molecule has 0 aliphatic carbocycles. The van der Waals surface area contributed by atoms with Crippen LogP contribution in [0.1, 0.15) is 38.4 Å². The molecule has 0 spiro atoms. The van der Waals surface area contributed by atoms with E-state index in [2.05, 4.69) is 39.5 Å². The van der Waals surface area contributed by atoms with Gasteiger partial charge in [0.15, 0.2) is 0 Å². The highest BCUT2D eigenvalue weighted by molar-refractivity contribution is 7.12. The largest absolute Gasteiger partial charge is 0.353 e. The summed E-state index contributed by atoms with van der Waals surface area (Å²) in [6, 6.07) is 17.9. The van der Waals surface area contributed by atoms with Crippen LogP contribution in [0.2, 0.25) is 0 Å². The molecule has 1 fully saturated rings. The Labute approximate surface area is 192 Å². The quantitative estimate of drug-likeness (QED) is 0.532. The molecule has 0 bridgehead atoms. The lowest BCUT2D eigenvalue weighted by Crippen LogP contribution is -2.48. The van der Waals surface area contributed by atoms with Gasteiger partial charge in [-0.15, -0.1) is 11.3 Å². The summed E-state index contributed by atoms with van der Waals surface area (Å²) in [6.45, 7) is 3.47. The van der Waals surface area contributed by atoms with Crippen molar-refractivity contribution in [3.8, 4) is 0 Å². The first-order valence-electron chi connectivity index (χ1n) is 11.1. The lowest BCUT2D eigenvalue weighted by Gasteiger charge is -2.35. The van der Waals surface area contributed by atoms with E-state index in [1.165, 1.54) is 16.9 Å². The van der Waals surface area contributed by atoms with Crippen LogP contribution in [-0.2, 0) is 6.42 Å². The van der Waals surface area contributed by atoms with Gasteiger partial charge in [-0.05, 0) is 48.4 Å². The summed E-state index contributed by atoms with van der Waals surface area (Å²) in [4.78, 5) is 34.2. The number of nitrogens with zero attached hydrogens (tertiary/aromatic N) is 3. The minimum absolute atomic E-state index is 0.0878. The molecule has 0 atom stereocenters. The predicted molar refractivity (Wildman–Crippen MR) is 128 cm³/mol. The van der Waals surface area contributed by atoms with Crippen LogP contribution in [-0.4, -0.2) is 54.4 Å². The second kappa shape index (κ2) is 10.9. The smallest absolute Gasteiger partial charge is 0.264 e. The minimum atomic E-state index is -0.0878. The number of piperazine rings is 1. The van der Waals surface area contributed by atoms with E-state index in [-0.39, 0.29) is 11.8 Å². The Balaban J connectivity index is 1.19. The topological polar surface area (TPSA) is 65.5 Å². The number of pyridine rings is 1. The van der Waals surface area contributed by atoms with Gasteiger partial charge in [-0.1, -0.05) is 36.4 Å². The normalized spacial score (nSPS) is 13.8. The second-order valence-corrected chi connectivity index (χ2v) is 8.81. The van der Waals surface area contributed by atoms with Crippen LogP contribution in [0.3, 0.4) is 0 Å². The van der Waals surface area contributed by atoms with Crippen LogP contribution in [0.15, 0.2) is 66.2 Å². The van der Waals surface area contributed by atoms with Crippen LogP contribution in [0, 0.1) is 0 Å². The van der Waals surface area contributed by atoms with E-state index >= 15 is 0 Å². The molecule has 1 aromatic carbocycles. The van der Waals surface area contributed by atoms with E-state index in [9.17, 15) is 9.59 Å². The van der Waals surface area contributed by atoms with Crippen LogP contribution >= 0.6 is 11.3 Å². The number of carbonyl (C=O) groups is 2. The van der Waals surface area contributed by atoms with Crippen LogP contribution in [0.4, 0.5) is 5.82 Å². The molecule has 1 saturated heterocycles. The van der Waals surface area contributed by atoms with Gasteiger partial charge < -0.3 is 15.1 Å². The molecule has 0 radical (unpaired) electrons. The van der Waals surface area contributed by atoms with Crippen molar-refractivity contribution in [1.29, 1.82) is 0 Å². The molecule has 166 valence electrons. The molecule has 0 saturated carbocycles. The fraction of sp³-hybridized carbons (Fsp3) is 0.320. The first-order chi connectivity index (χ1) is 15.7. The van der Waals surface area contributed by atoms with Crippen molar-refractivity contribution in [2.75, 3.05) is 37.6 Å². The Bertz CT molecular complexity index is 998. The maximum atomic E-state index is 12.5. The third kappa shape index (κ3) is 5.73. The van der Waals surface area contributed by atoms with E-state index < -0.39 is 0 Å². The van der Waals surface area contributed by atoms with Gasteiger partial charge in [0, 0.05) is 38.9 Å². The molecule has 7 heteroatoms. The number of nitrogens with one attached hydrogen (secondary N) is 1. The summed E-state index contributed by atoms with van der Waals surface area (Å²) in [7, 11) is 0. The van der Waals surface area contributed by atoms with Gasteiger partial charge in [-0.2, -0.15) is 0 Å². The highest BCUT2D eigenvalue weighted by atomic mass is 32.1. The van der Waals surface area contributed by atoms with Gasteiger partial charge in [0.05, 0.1) is 10.4 Å².